The Morgan fingerprint density at radius 2 is 2.00 bits per heavy atom. The number of hydrogen-bond donors (Lipinski definition) is 1. The van der Waals surface area contributed by atoms with Crippen LogP contribution in [0.25, 0.3) is 0 Å². The molecule has 0 bridgehead atoms. The Balaban J connectivity index is 2.01. The first-order valence-corrected chi connectivity index (χ1v) is 10.4. The molecule has 5 atom stereocenters. The lowest BCUT2D eigenvalue weighted by Gasteiger charge is -2.58. The average molecular weight is 414 g/mol. The molecule has 3 aliphatic rings. The summed E-state index contributed by atoms with van der Waals surface area (Å²) in [6.45, 7) is 11.3. The van der Waals surface area contributed by atoms with Gasteiger partial charge in [-0.15, -0.1) is 6.58 Å². The van der Waals surface area contributed by atoms with E-state index < -0.39 is 0 Å². The summed E-state index contributed by atoms with van der Waals surface area (Å²) in [6, 6.07) is 0. The molecule has 0 radical (unpaired) electrons. The number of fused-ring (bicyclic) bond motifs is 2. The molecular formula is C20H31IO. The highest BCUT2D eigenvalue weighted by Gasteiger charge is 2.55. The van der Waals surface area contributed by atoms with Gasteiger partial charge in [-0.3, -0.25) is 0 Å². The molecule has 1 nitrogen and oxygen atoms in total. The zero-order valence-corrected chi connectivity index (χ0v) is 16.6. The van der Waals surface area contributed by atoms with Gasteiger partial charge in [0.2, 0.25) is 0 Å². The standard InChI is InChI=1S/C20H31IO/c1-5-18(2)9-8-16-14(10-18)6-7-17-19(3,13-21)11-15(22)12-20(16,17)4/h5,15,17,22H,1,6-13H2,2-4H3/t15-,17+,18+,19-,20-/m1/s1. The van der Waals surface area contributed by atoms with Gasteiger partial charge in [0.15, 0.2) is 0 Å². The lowest BCUT2D eigenvalue weighted by atomic mass is 9.47. The van der Waals surface area contributed by atoms with Gasteiger partial charge in [-0.25, -0.2) is 0 Å². The summed E-state index contributed by atoms with van der Waals surface area (Å²) in [5, 5.41) is 10.6. The zero-order chi connectivity index (χ0) is 16.2. The smallest absolute Gasteiger partial charge is 0.0554 e. The maximum absolute atomic E-state index is 10.6. The van der Waals surface area contributed by atoms with Crippen molar-refractivity contribution in [3.63, 3.8) is 0 Å². The van der Waals surface area contributed by atoms with Crippen LogP contribution in [-0.2, 0) is 0 Å². The molecule has 0 aliphatic heterocycles. The lowest BCUT2D eigenvalue weighted by molar-refractivity contribution is -0.0587. The molecule has 2 heteroatoms. The van der Waals surface area contributed by atoms with Crippen molar-refractivity contribution < 1.29 is 5.11 Å². The van der Waals surface area contributed by atoms with Gasteiger partial charge < -0.3 is 5.11 Å². The molecule has 1 saturated carbocycles. The van der Waals surface area contributed by atoms with Gasteiger partial charge in [0.05, 0.1) is 6.10 Å². The quantitative estimate of drug-likeness (QED) is 0.351. The monoisotopic (exact) mass is 414 g/mol. The van der Waals surface area contributed by atoms with Gasteiger partial charge in [-0.2, -0.15) is 0 Å². The molecule has 124 valence electrons. The van der Waals surface area contributed by atoms with E-state index >= 15 is 0 Å². The largest absolute Gasteiger partial charge is 0.393 e. The van der Waals surface area contributed by atoms with Crippen LogP contribution in [0.3, 0.4) is 0 Å². The number of aliphatic hydroxyl groups excluding tert-OH is 1. The number of allylic oxidation sites excluding steroid dienone is 3. The van der Waals surface area contributed by atoms with Crippen molar-refractivity contribution in [2.45, 2.75) is 71.8 Å². The van der Waals surface area contributed by atoms with E-state index in [-0.39, 0.29) is 11.5 Å². The molecule has 1 fully saturated rings. The number of hydrogen-bond acceptors (Lipinski definition) is 1. The maximum Gasteiger partial charge on any atom is 0.0554 e. The van der Waals surface area contributed by atoms with E-state index in [4.69, 9.17) is 0 Å². The lowest BCUT2D eigenvalue weighted by Crippen LogP contribution is -2.52. The third-order valence-corrected chi connectivity index (χ3v) is 8.93. The minimum absolute atomic E-state index is 0.124. The fourth-order valence-electron chi connectivity index (χ4n) is 5.99. The zero-order valence-electron chi connectivity index (χ0n) is 14.4. The average Bonchev–Trinajstić information content (AvgIpc) is 2.45. The first-order valence-electron chi connectivity index (χ1n) is 8.85. The van der Waals surface area contributed by atoms with Gasteiger partial charge in [-0.05, 0) is 67.1 Å². The molecule has 0 unspecified atom stereocenters. The van der Waals surface area contributed by atoms with Gasteiger partial charge in [0, 0.05) is 4.43 Å². The van der Waals surface area contributed by atoms with Gasteiger partial charge in [-0.1, -0.05) is 60.6 Å². The van der Waals surface area contributed by atoms with Crippen molar-refractivity contribution in [2.75, 3.05) is 4.43 Å². The SMILES string of the molecule is C=C[C@@]1(C)CCC2=C(CC[C@H]3[C@@](C)(CI)C[C@@H](O)C[C@]23C)C1. The normalized spacial score (nSPS) is 48.6. The van der Waals surface area contributed by atoms with E-state index in [1.165, 1.54) is 32.1 Å². The van der Waals surface area contributed by atoms with Crippen molar-refractivity contribution in [2.24, 2.45) is 22.2 Å². The van der Waals surface area contributed by atoms with Crippen LogP contribution >= 0.6 is 22.6 Å². The Morgan fingerprint density at radius 1 is 1.27 bits per heavy atom. The molecule has 22 heavy (non-hydrogen) atoms. The first kappa shape index (κ1) is 17.0. The molecule has 0 aromatic heterocycles. The van der Waals surface area contributed by atoms with Crippen LogP contribution in [0.1, 0.15) is 65.7 Å². The Kier molecular flexibility index (Phi) is 4.34. The molecule has 0 amide bonds. The second-order valence-corrected chi connectivity index (χ2v) is 9.74. The van der Waals surface area contributed by atoms with Crippen LogP contribution in [0.4, 0.5) is 0 Å². The van der Waals surface area contributed by atoms with Crippen LogP contribution in [0.2, 0.25) is 0 Å². The number of halogens is 1. The second-order valence-electron chi connectivity index (χ2n) is 8.98. The van der Waals surface area contributed by atoms with Crippen LogP contribution < -0.4 is 0 Å². The Bertz CT molecular complexity index is 510. The maximum atomic E-state index is 10.6. The molecule has 0 aromatic rings. The van der Waals surface area contributed by atoms with Crippen LogP contribution in [0, 0.1) is 22.2 Å². The topological polar surface area (TPSA) is 20.2 Å². The molecule has 0 spiro atoms. The minimum Gasteiger partial charge on any atom is -0.393 e. The third-order valence-electron chi connectivity index (χ3n) is 7.18. The van der Waals surface area contributed by atoms with E-state index in [1.807, 2.05) is 0 Å². The highest BCUT2D eigenvalue weighted by molar-refractivity contribution is 14.1. The predicted molar refractivity (Wildman–Crippen MR) is 102 cm³/mol. The summed E-state index contributed by atoms with van der Waals surface area (Å²) in [5.41, 5.74) is 4.25. The van der Waals surface area contributed by atoms with Gasteiger partial charge in [0.25, 0.3) is 0 Å². The molecule has 3 aliphatic carbocycles. The Labute approximate surface area is 149 Å². The fourth-order valence-corrected chi connectivity index (χ4v) is 6.84. The summed E-state index contributed by atoms with van der Waals surface area (Å²) in [5.74, 6) is 0.743. The molecular weight excluding hydrogens is 383 g/mol. The summed E-state index contributed by atoms with van der Waals surface area (Å²) < 4.78 is 1.16. The van der Waals surface area contributed by atoms with E-state index in [0.29, 0.717) is 10.8 Å². The van der Waals surface area contributed by atoms with Crippen LogP contribution in [-0.4, -0.2) is 15.6 Å². The van der Waals surface area contributed by atoms with Crippen LogP contribution in [0.15, 0.2) is 23.8 Å². The van der Waals surface area contributed by atoms with E-state index in [0.717, 1.165) is 23.2 Å². The summed E-state index contributed by atoms with van der Waals surface area (Å²) in [7, 11) is 0. The van der Waals surface area contributed by atoms with E-state index in [2.05, 4.69) is 56.0 Å². The first-order chi connectivity index (χ1) is 10.3. The molecule has 0 heterocycles. The van der Waals surface area contributed by atoms with Crippen molar-refractivity contribution in [3.05, 3.63) is 23.8 Å². The van der Waals surface area contributed by atoms with E-state index in [9.17, 15) is 5.11 Å². The highest BCUT2D eigenvalue weighted by atomic mass is 127. The summed E-state index contributed by atoms with van der Waals surface area (Å²) in [6.07, 6.45) is 10.3. The highest BCUT2D eigenvalue weighted by Crippen LogP contribution is 2.63. The molecule has 3 rings (SSSR count). The number of aliphatic hydroxyl groups is 1. The van der Waals surface area contributed by atoms with Crippen LogP contribution in [0.5, 0.6) is 0 Å². The predicted octanol–water partition coefficient (Wildman–Crippen LogP) is 5.67. The number of rotatable bonds is 2. The summed E-state index contributed by atoms with van der Waals surface area (Å²) in [4.78, 5) is 0. The fraction of sp³-hybridized carbons (Fsp3) is 0.800. The minimum atomic E-state index is -0.124. The van der Waals surface area contributed by atoms with Crippen molar-refractivity contribution in [3.8, 4) is 0 Å². The molecule has 0 saturated heterocycles. The van der Waals surface area contributed by atoms with Gasteiger partial charge in [0.1, 0.15) is 0 Å². The molecule has 0 aromatic carbocycles. The van der Waals surface area contributed by atoms with Crippen molar-refractivity contribution >= 4 is 22.6 Å². The summed E-state index contributed by atoms with van der Waals surface area (Å²) >= 11 is 2.55. The Morgan fingerprint density at radius 3 is 2.64 bits per heavy atom. The number of alkyl halides is 1. The van der Waals surface area contributed by atoms with E-state index in [1.54, 1.807) is 11.1 Å². The van der Waals surface area contributed by atoms with Crippen molar-refractivity contribution in [1.82, 2.24) is 0 Å². The molecule has 1 N–H and O–H groups in total. The van der Waals surface area contributed by atoms with Gasteiger partial charge >= 0.3 is 0 Å². The van der Waals surface area contributed by atoms with Crippen molar-refractivity contribution in [1.29, 1.82) is 0 Å². The third kappa shape index (κ3) is 2.53. The second kappa shape index (κ2) is 5.61. The Hall–Kier alpha value is 0.170.